The van der Waals surface area contributed by atoms with Crippen LogP contribution in [-0.2, 0) is 11.2 Å². The van der Waals surface area contributed by atoms with Crippen molar-refractivity contribution in [3.05, 3.63) is 35.9 Å². The maximum absolute atomic E-state index is 12.3. The molecule has 2 rings (SSSR count). The SMILES string of the molecule is C=CCc1cc(C(=O)NCC(=O)NC2CC2)cc(OC)c1OC. The van der Waals surface area contributed by atoms with E-state index in [-0.39, 0.29) is 24.4 Å². The van der Waals surface area contributed by atoms with Crippen LogP contribution in [0.25, 0.3) is 0 Å². The van der Waals surface area contributed by atoms with Crippen molar-refractivity contribution in [2.24, 2.45) is 0 Å². The minimum atomic E-state index is -0.331. The number of carbonyl (C=O) groups is 2. The standard InChI is InChI=1S/C17H22N2O4/c1-4-5-11-8-12(9-14(22-2)16(11)23-3)17(21)18-10-15(20)19-13-6-7-13/h4,8-9,13H,1,5-7,10H2,2-3H3,(H,18,21)(H,19,20). The lowest BCUT2D eigenvalue weighted by atomic mass is 10.0. The van der Waals surface area contributed by atoms with Crippen LogP contribution in [0.1, 0.15) is 28.8 Å². The Balaban J connectivity index is 2.10. The molecule has 1 aromatic rings. The Morgan fingerprint density at radius 3 is 2.61 bits per heavy atom. The largest absolute Gasteiger partial charge is 0.493 e. The Bertz CT molecular complexity index is 609. The molecule has 6 nitrogen and oxygen atoms in total. The smallest absolute Gasteiger partial charge is 0.251 e. The van der Waals surface area contributed by atoms with Gasteiger partial charge in [0.2, 0.25) is 5.91 Å². The minimum absolute atomic E-state index is 0.0412. The van der Waals surface area contributed by atoms with Gasteiger partial charge in [0.15, 0.2) is 11.5 Å². The number of amides is 2. The lowest BCUT2D eigenvalue weighted by molar-refractivity contribution is -0.120. The molecule has 124 valence electrons. The summed E-state index contributed by atoms with van der Waals surface area (Å²) >= 11 is 0. The fourth-order valence-corrected chi connectivity index (χ4v) is 2.25. The van der Waals surface area contributed by atoms with Gasteiger partial charge in [-0.3, -0.25) is 9.59 Å². The second kappa shape index (κ2) is 7.67. The fraction of sp³-hybridized carbons (Fsp3) is 0.412. The van der Waals surface area contributed by atoms with E-state index >= 15 is 0 Å². The van der Waals surface area contributed by atoms with E-state index in [2.05, 4.69) is 17.2 Å². The highest BCUT2D eigenvalue weighted by atomic mass is 16.5. The van der Waals surface area contributed by atoms with Gasteiger partial charge in [0.1, 0.15) is 0 Å². The molecule has 23 heavy (non-hydrogen) atoms. The van der Waals surface area contributed by atoms with Gasteiger partial charge in [0.05, 0.1) is 20.8 Å². The molecule has 0 spiro atoms. The predicted octanol–water partition coefficient (Wildman–Crippen LogP) is 1.44. The first-order valence-corrected chi connectivity index (χ1v) is 7.52. The predicted molar refractivity (Wildman–Crippen MR) is 86.9 cm³/mol. The third-order valence-electron chi connectivity index (χ3n) is 3.53. The first-order chi connectivity index (χ1) is 11.1. The summed E-state index contributed by atoms with van der Waals surface area (Å²) in [5.41, 5.74) is 1.22. The van der Waals surface area contributed by atoms with Crippen molar-refractivity contribution in [3.63, 3.8) is 0 Å². The monoisotopic (exact) mass is 318 g/mol. The molecule has 0 aliphatic heterocycles. The Morgan fingerprint density at radius 2 is 2.04 bits per heavy atom. The van der Waals surface area contributed by atoms with Crippen molar-refractivity contribution in [3.8, 4) is 11.5 Å². The van der Waals surface area contributed by atoms with Crippen molar-refractivity contribution < 1.29 is 19.1 Å². The molecule has 1 fully saturated rings. The highest BCUT2D eigenvalue weighted by Crippen LogP contribution is 2.33. The van der Waals surface area contributed by atoms with Crippen LogP contribution < -0.4 is 20.1 Å². The van der Waals surface area contributed by atoms with Gasteiger partial charge >= 0.3 is 0 Å². The summed E-state index contributed by atoms with van der Waals surface area (Å²) < 4.78 is 10.6. The summed E-state index contributed by atoms with van der Waals surface area (Å²) in [6, 6.07) is 3.59. The molecule has 0 bridgehead atoms. The molecule has 1 aliphatic rings. The van der Waals surface area contributed by atoms with Crippen molar-refractivity contribution >= 4 is 11.8 Å². The molecule has 6 heteroatoms. The molecule has 1 aliphatic carbocycles. The van der Waals surface area contributed by atoms with Crippen LogP contribution in [0.2, 0.25) is 0 Å². The molecular weight excluding hydrogens is 296 g/mol. The Morgan fingerprint density at radius 1 is 1.30 bits per heavy atom. The maximum atomic E-state index is 12.3. The second-order valence-electron chi connectivity index (χ2n) is 5.39. The highest BCUT2D eigenvalue weighted by Gasteiger charge is 2.23. The van der Waals surface area contributed by atoms with Crippen molar-refractivity contribution in [1.82, 2.24) is 10.6 Å². The Hall–Kier alpha value is -2.50. The first-order valence-electron chi connectivity index (χ1n) is 7.52. The van der Waals surface area contributed by atoms with Crippen LogP contribution in [0.3, 0.4) is 0 Å². The number of carbonyl (C=O) groups excluding carboxylic acids is 2. The van der Waals surface area contributed by atoms with E-state index in [1.165, 1.54) is 7.11 Å². The van der Waals surface area contributed by atoms with E-state index in [1.807, 2.05) is 0 Å². The number of ether oxygens (including phenoxy) is 2. The topological polar surface area (TPSA) is 76.7 Å². The summed E-state index contributed by atoms with van der Waals surface area (Å²) in [5.74, 6) is 0.546. The van der Waals surface area contributed by atoms with Crippen LogP contribution in [0.15, 0.2) is 24.8 Å². The van der Waals surface area contributed by atoms with Crippen LogP contribution in [0, 0.1) is 0 Å². The van der Waals surface area contributed by atoms with Crippen LogP contribution >= 0.6 is 0 Å². The molecule has 0 radical (unpaired) electrons. The average Bonchev–Trinajstić information content (AvgIpc) is 3.35. The van der Waals surface area contributed by atoms with E-state index in [0.29, 0.717) is 23.5 Å². The molecule has 0 saturated heterocycles. The van der Waals surface area contributed by atoms with Crippen LogP contribution in [0.5, 0.6) is 11.5 Å². The number of benzene rings is 1. The van der Waals surface area contributed by atoms with E-state index in [9.17, 15) is 9.59 Å². The number of methoxy groups -OCH3 is 2. The van der Waals surface area contributed by atoms with E-state index in [0.717, 1.165) is 18.4 Å². The van der Waals surface area contributed by atoms with Gasteiger partial charge < -0.3 is 20.1 Å². The van der Waals surface area contributed by atoms with Crippen molar-refractivity contribution in [1.29, 1.82) is 0 Å². The van der Waals surface area contributed by atoms with Gasteiger partial charge in [0, 0.05) is 17.2 Å². The summed E-state index contributed by atoms with van der Waals surface area (Å²) in [4.78, 5) is 23.9. The number of nitrogens with one attached hydrogen (secondary N) is 2. The normalized spacial score (nSPS) is 13.1. The molecule has 2 amide bonds. The number of rotatable bonds is 8. The second-order valence-corrected chi connectivity index (χ2v) is 5.39. The number of hydrogen-bond donors (Lipinski definition) is 2. The van der Waals surface area contributed by atoms with Crippen molar-refractivity contribution in [2.45, 2.75) is 25.3 Å². The number of hydrogen-bond acceptors (Lipinski definition) is 4. The quantitative estimate of drug-likeness (QED) is 0.711. The summed E-state index contributed by atoms with van der Waals surface area (Å²) in [5, 5.41) is 5.44. The molecular formula is C17H22N2O4. The summed E-state index contributed by atoms with van der Waals surface area (Å²) in [6.45, 7) is 3.66. The Kier molecular flexibility index (Phi) is 5.62. The van der Waals surface area contributed by atoms with Gasteiger partial charge in [-0.1, -0.05) is 6.08 Å². The van der Waals surface area contributed by atoms with Gasteiger partial charge in [0.25, 0.3) is 5.91 Å². The third kappa shape index (κ3) is 4.48. The molecule has 0 atom stereocenters. The van der Waals surface area contributed by atoms with Crippen molar-refractivity contribution in [2.75, 3.05) is 20.8 Å². The van der Waals surface area contributed by atoms with Gasteiger partial charge in [-0.25, -0.2) is 0 Å². The first kappa shape index (κ1) is 16.9. The highest BCUT2D eigenvalue weighted by molar-refractivity contribution is 5.97. The average molecular weight is 318 g/mol. The van der Waals surface area contributed by atoms with E-state index in [4.69, 9.17) is 9.47 Å². The lowest BCUT2D eigenvalue weighted by Gasteiger charge is -2.14. The van der Waals surface area contributed by atoms with Crippen LogP contribution in [-0.4, -0.2) is 38.6 Å². The number of allylic oxidation sites excluding steroid dienone is 1. The van der Waals surface area contributed by atoms with Gasteiger partial charge in [-0.15, -0.1) is 6.58 Å². The van der Waals surface area contributed by atoms with Gasteiger partial charge in [-0.05, 0) is 31.4 Å². The zero-order chi connectivity index (χ0) is 16.8. The zero-order valence-electron chi connectivity index (χ0n) is 13.5. The zero-order valence-corrected chi connectivity index (χ0v) is 13.5. The molecule has 2 N–H and O–H groups in total. The molecule has 0 heterocycles. The van der Waals surface area contributed by atoms with E-state index < -0.39 is 0 Å². The maximum Gasteiger partial charge on any atom is 0.251 e. The lowest BCUT2D eigenvalue weighted by Crippen LogP contribution is -2.37. The summed E-state index contributed by atoms with van der Waals surface area (Å²) in [7, 11) is 3.06. The summed E-state index contributed by atoms with van der Waals surface area (Å²) in [6.07, 6.45) is 4.30. The molecule has 1 saturated carbocycles. The molecule has 0 unspecified atom stereocenters. The fourth-order valence-electron chi connectivity index (χ4n) is 2.25. The molecule has 1 aromatic carbocycles. The third-order valence-corrected chi connectivity index (χ3v) is 3.53. The van der Waals surface area contributed by atoms with E-state index in [1.54, 1.807) is 25.3 Å². The minimum Gasteiger partial charge on any atom is -0.493 e. The van der Waals surface area contributed by atoms with Gasteiger partial charge in [-0.2, -0.15) is 0 Å². The Labute approximate surface area is 135 Å². The van der Waals surface area contributed by atoms with Crippen LogP contribution in [0.4, 0.5) is 0 Å². The molecule has 0 aromatic heterocycles.